The molecule has 30 heavy (non-hydrogen) atoms. The molecule has 0 saturated carbocycles. The van der Waals surface area contributed by atoms with Gasteiger partial charge < -0.3 is 14.8 Å². The SMILES string of the molecule is CC(=O)NC1CCN(c2nc(C(C)(C)C)nc3c2ncn3Cc2cccc(Cl)c2)C1. The number of hydrogen-bond acceptors (Lipinski definition) is 5. The van der Waals surface area contributed by atoms with E-state index in [-0.39, 0.29) is 17.4 Å². The first-order chi connectivity index (χ1) is 14.2. The monoisotopic (exact) mass is 426 g/mol. The second kappa shape index (κ2) is 7.87. The summed E-state index contributed by atoms with van der Waals surface area (Å²) in [5, 5.41) is 3.73. The molecule has 0 aliphatic carbocycles. The van der Waals surface area contributed by atoms with E-state index in [0.717, 1.165) is 47.9 Å². The lowest BCUT2D eigenvalue weighted by molar-refractivity contribution is -0.119. The first-order valence-corrected chi connectivity index (χ1v) is 10.6. The molecule has 3 heterocycles. The molecule has 1 unspecified atom stereocenters. The van der Waals surface area contributed by atoms with Crippen molar-refractivity contribution in [2.24, 2.45) is 0 Å². The normalized spacial score (nSPS) is 17.0. The molecular weight excluding hydrogens is 400 g/mol. The molecule has 0 radical (unpaired) electrons. The standard InChI is InChI=1S/C22H27ClN6O/c1-14(30)25-17-8-9-28(12-17)19-18-20(27-21(26-19)22(2,3)4)29(13-24-18)11-15-6-5-7-16(23)10-15/h5-7,10,13,17H,8-9,11-12H2,1-4H3,(H,25,30). The molecule has 1 aromatic carbocycles. The number of nitrogens with one attached hydrogen (secondary N) is 1. The molecule has 4 rings (SSSR count). The van der Waals surface area contributed by atoms with E-state index >= 15 is 0 Å². The number of hydrogen-bond donors (Lipinski definition) is 1. The second-order valence-corrected chi connectivity index (χ2v) is 9.36. The molecule has 3 aromatic rings. The number of benzene rings is 1. The van der Waals surface area contributed by atoms with Crippen molar-refractivity contribution in [1.29, 1.82) is 0 Å². The fourth-order valence-corrected chi connectivity index (χ4v) is 4.00. The molecule has 0 bridgehead atoms. The Kier molecular flexibility index (Phi) is 5.40. The predicted molar refractivity (Wildman–Crippen MR) is 119 cm³/mol. The van der Waals surface area contributed by atoms with Gasteiger partial charge in [-0.1, -0.05) is 44.5 Å². The number of carbonyl (C=O) groups excluding carboxylic acids is 1. The van der Waals surface area contributed by atoms with Crippen LogP contribution in [0.2, 0.25) is 5.02 Å². The van der Waals surface area contributed by atoms with Crippen molar-refractivity contribution < 1.29 is 4.79 Å². The van der Waals surface area contributed by atoms with Crippen LogP contribution in [0.5, 0.6) is 0 Å². The van der Waals surface area contributed by atoms with E-state index in [9.17, 15) is 4.79 Å². The van der Waals surface area contributed by atoms with Gasteiger partial charge in [0.15, 0.2) is 17.0 Å². The first-order valence-electron chi connectivity index (χ1n) is 10.2. The van der Waals surface area contributed by atoms with Crippen molar-refractivity contribution in [2.45, 2.75) is 52.1 Å². The molecule has 158 valence electrons. The Balaban J connectivity index is 1.75. The van der Waals surface area contributed by atoms with E-state index < -0.39 is 0 Å². The zero-order valence-electron chi connectivity index (χ0n) is 17.8. The van der Waals surface area contributed by atoms with Gasteiger partial charge in [-0.2, -0.15) is 0 Å². The lowest BCUT2D eigenvalue weighted by atomic mass is 9.96. The molecule has 1 saturated heterocycles. The number of nitrogens with zero attached hydrogens (tertiary/aromatic N) is 5. The molecule has 1 amide bonds. The van der Waals surface area contributed by atoms with E-state index in [4.69, 9.17) is 21.6 Å². The maximum atomic E-state index is 11.5. The van der Waals surface area contributed by atoms with E-state index in [0.29, 0.717) is 11.6 Å². The zero-order valence-corrected chi connectivity index (χ0v) is 18.6. The van der Waals surface area contributed by atoms with Crippen LogP contribution < -0.4 is 10.2 Å². The number of anilines is 1. The largest absolute Gasteiger partial charge is 0.353 e. The third-order valence-corrected chi connectivity index (χ3v) is 5.49. The summed E-state index contributed by atoms with van der Waals surface area (Å²) in [6.07, 6.45) is 2.71. The number of rotatable bonds is 4. The van der Waals surface area contributed by atoms with Crippen LogP contribution in [-0.4, -0.2) is 44.6 Å². The highest BCUT2D eigenvalue weighted by Gasteiger charge is 2.29. The summed E-state index contributed by atoms with van der Waals surface area (Å²) >= 11 is 6.16. The van der Waals surface area contributed by atoms with Gasteiger partial charge in [0.05, 0.1) is 12.9 Å². The van der Waals surface area contributed by atoms with Gasteiger partial charge in [0.1, 0.15) is 5.82 Å². The van der Waals surface area contributed by atoms with Crippen LogP contribution in [0.4, 0.5) is 5.82 Å². The van der Waals surface area contributed by atoms with Gasteiger partial charge in [-0.3, -0.25) is 4.79 Å². The Morgan fingerprint density at radius 1 is 1.30 bits per heavy atom. The summed E-state index contributed by atoms with van der Waals surface area (Å²) in [6.45, 7) is 10.1. The maximum Gasteiger partial charge on any atom is 0.217 e. The summed E-state index contributed by atoms with van der Waals surface area (Å²) in [6, 6.07) is 7.94. The van der Waals surface area contributed by atoms with Gasteiger partial charge in [0, 0.05) is 36.5 Å². The average Bonchev–Trinajstić information content (AvgIpc) is 3.27. The van der Waals surface area contributed by atoms with Crippen molar-refractivity contribution in [3.8, 4) is 0 Å². The van der Waals surface area contributed by atoms with Gasteiger partial charge >= 0.3 is 0 Å². The van der Waals surface area contributed by atoms with Gasteiger partial charge in [-0.25, -0.2) is 15.0 Å². The van der Waals surface area contributed by atoms with E-state index in [1.54, 1.807) is 6.92 Å². The Hall–Kier alpha value is -2.67. The van der Waals surface area contributed by atoms with Crippen LogP contribution >= 0.6 is 11.6 Å². The number of fused-ring (bicyclic) bond motifs is 1. The smallest absolute Gasteiger partial charge is 0.217 e. The number of imidazole rings is 1. The van der Waals surface area contributed by atoms with Gasteiger partial charge in [0.2, 0.25) is 5.91 Å². The number of carbonyl (C=O) groups is 1. The average molecular weight is 427 g/mol. The molecular formula is C22H27ClN6O. The topological polar surface area (TPSA) is 75.9 Å². The minimum atomic E-state index is -0.204. The summed E-state index contributed by atoms with van der Waals surface area (Å²) < 4.78 is 2.04. The third-order valence-electron chi connectivity index (χ3n) is 5.25. The molecule has 1 atom stereocenters. The zero-order chi connectivity index (χ0) is 21.5. The van der Waals surface area contributed by atoms with Crippen molar-refractivity contribution in [1.82, 2.24) is 24.8 Å². The van der Waals surface area contributed by atoms with Crippen molar-refractivity contribution in [3.63, 3.8) is 0 Å². The molecule has 0 spiro atoms. The third kappa shape index (κ3) is 4.26. The van der Waals surface area contributed by atoms with Gasteiger partial charge in [-0.15, -0.1) is 0 Å². The number of aromatic nitrogens is 4. The molecule has 1 fully saturated rings. The van der Waals surface area contributed by atoms with Crippen LogP contribution in [0, 0.1) is 0 Å². The van der Waals surface area contributed by atoms with Crippen molar-refractivity contribution in [2.75, 3.05) is 18.0 Å². The van der Waals surface area contributed by atoms with Gasteiger partial charge in [-0.05, 0) is 24.1 Å². The Bertz CT molecular complexity index is 1090. The highest BCUT2D eigenvalue weighted by molar-refractivity contribution is 6.30. The van der Waals surface area contributed by atoms with E-state index in [1.165, 1.54) is 0 Å². The Labute approximate surface area is 181 Å². The highest BCUT2D eigenvalue weighted by Crippen LogP contribution is 2.30. The molecule has 8 heteroatoms. The minimum absolute atomic E-state index is 0.00383. The Morgan fingerprint density at radius 3 is 2.80 bits per heavy atom. The van der Waals surface area contributed by atoms with Gasteiger partial charge in [0.25, 0.3) is 0 Å². The highest BCUT2D eigenvalue weighted by atomic mass is 35.5. The predicted octanol–water partition coefficient (Wildman–Crippen LogP) is 3.54. The lowest BCUT2D eigenvalue weighted by Crippen LogP contribution is -2.36. The summed E-state index contributed by atoms with van der Waals surface area (Å²) in [4.78, 5) is 28.1. The molecule has 2 aromatic heterocycles. The van der Waals surface area contributed by atoms with Crippen LogP contribution in [0.15, 0.2) is 30.6 Å². The molecule has 1 N–H and O–H groups in total. The van der Waals surface area contributed by atoms with E-state index in [1.807, 2.05) is 35.2 Å². The molecule has 7 nitrogen and oxygen atoms in total. The lowest BCUT2D eigenvalue weighted by Gasteiger charge is -2.22. The molecule has 1 aliphatic rings. The van der Waals surface area contributed by atoms with Crippen molar-refractivity contribution in [3.05, 3.63) is 47.0 Å². The summed E-state index contributed by atoms with van der Waals surface area (Å²) in [5.74, 6) is 1.61. The summed E-state index contributed by atoms with van der Waals surface area (Å²) in [7, 11) is 0. The number of amides is 1. The van der Waals surface area contributed by atoms with Crippen molar-refractivity contribution >= 4 is 34.5 Å². The van der Waals surface area contributed by atoms with Crippen LogP contribution in [0.25, 0.3) is 11.2 Å². The van der Waals surface area contributed by atoms with Crippen LogP contribution in [0.3, 0.4) is 0 Å². The Morgan fingerprint density at radius 2 is 2.10 bits per heavy atom. The van der Waals surface area contributed by atoms with Crippen LogP contribution in [0.1, 0.15) is 45.5 Å². The first kappa shape index (κ1) is 20.6. The van der Waals surface area contributed by atoms with Crippen LogP contribution in [-0.2, 0) is 16.8 Å². The minimum Gasteiger partial charge on any atom is -0.353 e. The quantitative estimate of drug-likeness (QED) is 0.690. The fourth-order valence-electron chi connectivity index (χ4n) is 3.79. The molecule has 1 aliphatic heterocycles. The van der Waals surface area contributed by atoms with E-state index in [2.05, 4.69) is 36.0 Å². The maximum absolute atomic E-state index is 11.5. The fraction of sp³-hybridized carbons (Fsp3) is 0.455. The summed E-state index contributed by atoms with van der Waals surface area (Å²) in [5.41, 5.74) is 2.48. The number of halogens is 1. The second-order valence-electron chi connectivity index (χ2n) is 8.93.